The highest BCUT2D eigenvalue weighted by atomic mass is 32.1. The first-order chi connectivity index (χ1) is 9.15. The van der Waals surface area contributed by atoms with Crippen molar-refractivity contribution in [1.29, 1.82) is 0 Å². The summed E-state index contributed by atoms with van der Waals surface area (Å²) in [6, 6.07) is 10.9. The Bertz CT molecular complexity index is 592. The molecule has 0 spiro atoms. The van der Waals surface area contributed by atoms with Crippen LogP contribution in [0.25, 0.3) is 0 Å². The Kier molecular flexibility index (Phi) is 3.97. The summed E-state index contributed by atoms with van der Waals surface area (Å²) in [6.45, 7) is 1.46. The monoisotopic (exact) mass is 275 g/mol. The van der Waals surface area contributed by atoms with Gasteiger partial charge in [-0.25, -0.2) is 4.79 Å². The minimum Gasteiger partial charge on any atom is -0.465 e. The molecular formula is C14H13NO3S. The molecule has 0 aliphatic heterocycles. The Balaban J connectivity index is 2.50. The van der Waals surface area contributed by atoms with E-state index in [0.29, 0.717) is 10.6 Å². The highest BCUT2D eigenvalue weighted by Crippen LogP contribution is 2.32. The zero-order valence-corrected chi connectivity index (χ0v) is 11.4. The number of hydrogen-bond acceptors (Lipinski definition) is 4. The molecule has 19 heavy (non-hydrogen) atoms. The van der Waals surface area contributed by atoms with Crippen LogP contribution in [0.4, 0.5) is 11.4 Å². The van der Waals surface area contributed by atoms with Crippen LogP contribution in [0.5, 0.6) is 0 Å². The summed E-state index contributed by atoms with van der Waals surface area (Å²) >= 11 is 1.25. The van der Waals surface area contributed by atoms with E-state index in [1.54, 1.807) is 11.4 Å². The molecule has 0 fully saturated rings. The number of carbonyl (C=O) groups is 2. The van der Waals surface area contributed by atoms with Gasteiger partial charge in [0.05, 0.1) is 12.8 Å². The van der Waals surface area contributed by atoms with Gasteiger partial charge in [-0.3, -0.25) is 9.69 Å². The van der Waals surface area contributed by atoms with Crippen molar-refractivity contribution in [2.24, 2.45) is 0 Å². The molecule has 0 aliphatic rings. The lowest BCUT2D eigenvalue weighted by Crippen LogP contribution is -2.24. The van der Waals surface area contributed by atoms with Gasteiger partial charge in [0.25, 0.3) is 0 Å². The van der Waals surface area contributed by atoms with E-state index in [1.807, 2.05) is 30.3 Å². The summed E-state index contributed by atoms with van der Waals surface area (Å²) < 4.78 is 4.73. The quantitative estimate of drug-likeness (QED) is 0.808. The molecule has 5 heteroatoms. The summed E-state index contributed by atoms with van der Waals surface area (Å²) in [5.74, 6) is -0.595. The lowest BCUT2D eigenvalue weighted by molar-refractivity contribution is -0.115. The number of thiophene rings is 1. The molecule has 4 nitrogen and oxygen atoms in total. The third-order valence-corrected chi connectivity index (χ3v) is 3.47. The Labute approximate surface area is 115 Å². The van der Waals surface area contributed by atoms with Crippen molar-refractivity contribution in [3.8, 4) is 0 Å². The Morgan fingerprint density at radius 1 is 1.16 bits per heavy atom. The van der Waals surface area contributed by atoms with Gasteiger partial charge in [0.1, 0.15) is 4.88 Å². The summed E-state index contributed by atoms with van der Waals surface area (Å²) in [5.41, 5.74) is 1.27. The van der Waals surface area contributed by atoms with Crippen molar-refractivity contribution in [3.05, 3.63) is 46.7 Å². The van der Waals surface area contributed by atoms with Gasteiger partial charge in [-0.2, -0.15) is 0 Å². The van der Waals surface area contributed by atoms with Gasteiger partial charge < -0.3 is 4.74 Å². The third-order valence-electron chi connectivity index (χ3n) is 2.59. The highest BCUT2D eigenvalue weighted by molar-refractivity contribution is 7.12. The molecule has 0 unspecified atom stereocenters. The van der Waals surface area contributed by atoms with Crippen LogP contribution in [-0.4, -0.2) is 19.0 Å². The summed E-state index contributed by atoms with van der Waals surface area (Å²) in [6.07, 6.45) is 0. The number of carbonyl (C=O) groups excluding carboxylic acids is 2. The molecule has 0 aliphatic carbocycles. The first-order valence-corrected chi connectivity index (χ1v) is 6.54. The average molecular weight is 275 g/mol. The minimum absolute atomic E-state index is 0.158. The van der Waals surface area contributed by atoms with E-state index in [2.05, 4.69) is 0 Å². The molecule has 1 aromatic carbocycles. The molecule has 1 amide bonds. The first-order valence-electron chi connectivity index (χ1n) is 5.66. The molecule has 1 aromatic heterocycles. The fraction of sp³-hybridized carbons (Fsp3) is 0.143. The van der Waals surface area contributed by atoms with E-state index < -0.39 is 5.97 Å². The number of para-hydroxylation sites is 1. The normalized spacial score (nSPS) is 10.0. The SMILES string of the molecule is COC(=O)c1sccc1N(C(C)=O)c1ccccc1. The van der Waals surface area contributed by atoms with Crippen LogP contribution in [0.2, 0.25) is 0 Å². The molecular weight excluding hydrogens is 262 g/mol. The number of esters is 1. The molecule has 2 aromatic rings. The van der Waals surface area contributed by atoms with Crippen molar-refractivity contribution in [2.45, 2.75) is 6.92 Å². The highest BCUT2D eigenvalue weighted by Gasteiger charge is 2.22. The summed E-state index contributed by atoms with van der Waals surface area (Å²) in [5, 5.41) is 1.76. The van der Waals surface area contributed by atoms with Crippen molar-refractivity contribution < 1.29 is 14.3 Å². The second kappa shape index (κ2) is 5.67. The predicted octanol–water partition coefficient (Wildman–Crippen LogP) is 3.22. The van der Waals surface area contributed by atoms with Crippen LogP contribution in [0, 0.1) is 0 Å². The van der Waals surface area contributed by atoms with Gasteiger partial charge >= 0.3 is 5.97 Å². The second-order valence-electron chi connectivity index (χ2n) is 3.82. The Morgan fingerprint density at radius 3 is 2.42 bits per heavy atom. The molecule has 0 N–H and O–H groups in total. The molecule has 2 rings (SSSR count). The maximum Gasteiger partial charge on any atom is 0.350 e. The topological polar surface area (TPSA) is 46.6 Å². The lowest BCUT2D eigenvalue weighted by atomic mass is 10.2. The number of methoxy groups -OCH3 is 1. The number of nitrogens with zero attached hydrogens (tertiary/aromatic N) is 1. The van der Waals surface area contributed by atoms with Gasteiger partial charge in [0.2, 0.25) is 5.91 Å². The van der Waals surface area contributed by atoms with Crippen LogP contribution in [0.3, 0.4) is 0 Å². The minimum atomic E-state index is -0.438. The molecule has 0 bridgehead atoms. The van der Waals surface area contributed by atoms with Crippen molar-refractivity contribution in [2.75, 3.05) is 12.0 Å². The van der Waals surface area contributed by atoms with E-state index in [9.17, 15) is 9.59 Å². The fourth-order valence-corrected chi connectivity index (χ4v) is 2.58. The number of ether oxygens (including phenoxy) is 1. The molecule has 0 saturated carbocycles. The Morgan fingerprint density at radius 2 is 1.84 bits per heavy atom. The molecule has 1 heterocycles. The van der Waals surface area contributed by atoms with Crippen LogP contribution in [0.1, 0.15) is 16.6 Å². The second-order valence-corrected chi connectivity index (χ2v) is 4.73. The van der Waals surface area contributed by atoms with Crippen molar-refractivity contribution in [3.63, 3.8) is 0 Å². The largest absolute Gasteiger partial charge is 0.465 e. The van der Waals surface area contributed by atoms with Gasteiger partial charge in [0.15, 0.2) is 0 Å². The third kappa shape index (κ3) is 2.66. The number of amides is 1. The zero-order valence-electron chi connectivity index (χ0n) is 10.6. The van der Waals surface area contributed by atoms with Crippen molar-refractivity contribution in [1.82, 2.24) is 0 Å². The number of anilines is 2. The maximum atomic E-state index is 11.9. The zero-order chi connectivity index (χ0) is 13.8. The molecule has 98 valence electrons. The van der Waals surface area contributed by atoms with Crippen LogP contribution >= 0.6 is 11.3 Å². The van der Waals surface area contributed by atoms with E-state index in [1.165, 1.54) is 30.3 Å². The van der Waals surface area contributed by atoms with E-state index in [0.717, 1.165) is 5.69 Å². The predicted molar refractivity (Wildman–Crippen MR) is 74.9 cm³/mol. The maximum absolute atomic E-state index is 11.9. The standard InChI is InChI=1S/C14H13NO3S/c1-10(16)15(11-6-4-3-5-7-11)12-8-9-19-13(12)14(17)18-2/h3-9H,1-2H3. The van der Waals surface area contributed by atoms with Crippen LogP contribution in [-0.2, 0) is 9.53 Å². The van der Waals surface area contributed by atoms with Crippen LogP contribution in [0.15, 0.2) is 41.8 Å². The number of benzene rings is 1. The average Bonchev–Trinajstić information content (AvgIpc) is 2.88. The molecule has 0 atom stereocenters. The van der Waals surface area contributed by atoms with Gasteiger partial charge in [0, 0.05) is 12.6 Å². The first kappa shape index (κ1) is 13.3. The fourth-order valence-electron chi connectivity index (χ4n) is 1.79. The van der Waals surface area contributed by atoms with E-state index >= 15 is 0 Å². The van der Waals surface area contributed by atoms with Crippen LogP contribution < -0.4 is 4.90 Å². The lowest BCUT2D eigenvalue weighted by Gasteiger charge is -2.21. The van der Waals surface area contributed by atoms with Gasteiger partial charge in [-0.15, -0.1) is 11.3 Å². The summed E-state index contributed by atoms with van der Waals surface area (Å²) in [7, 11) is 1.33. The van der Waals surface area contributed by atoms with E-state index in [-0.39, 0.29) is 5.91 Å². The van der Waals surface area contributed by atoms with Crippen molar-refractivity contribution >= 4 is 34.6 Å². The molecule has 0 saturated heterocycles. The number of hydrogen-bond donors (Lipinski definition) is 0. The van der Waals surface area contributed by atoms with Gasteiger partial charge in [-0.1, -0.05) is 18.2 Å². The number of rotatable bonds is 3. The molecule has 0 radical (unpaired) electrons. The van der Waals surface area contributed by atoms with Gasteiger partial charge in [-0.05, 0) is 23.6 Å². The smallest absolute Gasteiger partial charge is 0.350 e. The Hall–Kier alpha value is -2.14. The van der Waals surface area contributed by atoms with E-state index in [4.69, 9.17) is 4.74 Å². The summed E-state index contributed by atoms with van der Waals surface area (Å²) in [4.78, 5) is 25.5.